The lowest BCUT2D eigenvalue weighted by atomic mass is 10.2. The van der Waals surface area contributed by atoms with E-state index in [9.17, 15) is 4.79 Å². The highest BCUT2D eigenvalue weighted by molar-refractivity contribution is 5.87. The van der Waals surface area contributed by atoms with Crippen LogP contribution in [0.5, 0.6) is 0 Å². The highest BCUT2D eigenvalue weighted by Gasteiger charge is 1.98. The molecule has 0 aliphatic carbocycles. The number of nitrogens with two attached hydrogens (primary N) is 1. The number of anilines is 1. The Morgan fingerprint density at radius 3 is 1.56 bits per heavy atom. The molecule has 0 fully saturated rings. The molecule has 3 heteroatoms. The molecule has 3 N–H and O–H groups in total. The van der Waals surface area contributed by atoms with Crippen molar-refractivity contribution in [2.24, 2.45) is 0 Å². The Kier molecular flexibility index (Phi) is 4.60. The molecule has 2 aromatic carbocycles. The van der Waals surface area contributed by atoms with Gasteiger partial charge >= 0.3 is 5.97 Å². The van der Waals surface area contributed by atoms with Crippen molar-refractivity contribution in [2.75, 3.05) is 5.73 Å². The molecule has 0 aliphatic heterocycles. The summed E-state index contributed by atoms with van der Waals surface area (Å²) in [6, 6.07) is 18.1. The Hall–Kier alpha value is -2.29. The maximum absolute atomic E-state index is 10.3. The maximum Gasteiger partial charge on any atom is 0.335 e. The molecule has 16 heavy (non-hydrogen) atoms. The minimum atomic E-state index is -0.931. The molecule has 0 aromatic heterocycles. The number of carbonyl (C=O) groups is 1. The Morgan fingerprint density at radius 1 is 0.875 bits per heavy atom. The van der Waals surface area contributed by atoms with E-state index in [1.54, 1.807) is 12.1 Å². The summed E-state index contributed by atoms with van der Waals surface area (Å²) in [6.07, 6.45) is 0. The molecule has 0 aliphatic rings. The molecule has 0 radical (unpaired) electrons. The van der Waals surface area contributed by atoms with Crippen LogP contribution < -0.4 is 5.73 Å². The molecule has 0 bridgehead atoms. The van der Waals surface area contributed by atoms with Crippen molar-refractivity contribution in [1.29, 1.82) is 0 Å². The number of hydrogen-bond acceptors (Lipinski definition) is 2. The van der Waals surface area contributed by atoms with Crippen LogP contribution in [-0.4, -0.2) is 11.1 Å². The van der Waals surface area contributed by atoms with Gasteiger partial charge in [-0.3, -0.25) is 0 Å². The lowest BCUT2D eigenvalue weighted by Crippen LogP contribution is -1.95. The van der Waals surface area contributed by atoms with Crippen LogP contribution in [-0.2, 0) is 0 Å². The molecule has 0 spiro atoms. The zero-order valence-electron chi connectivity index (χ0n) is 8.71. The van der Waals surface area contributed by atoms with Gasteiger partial charge in [0.2, 0.25) is 0 Å². The zero-order chi connectivity index (χ0) is 11.8. The van der Waals surface area contributed by atoms with Crippen molar-refractivity contribution in [1.82, 2.24) is 0 Å². The van der Waals surface area contributed by atoms with Gasteiger partial charge < -0.3 is 10.8 Å². The summed E-state index contributed by atoms with van der Waals surface area (Å²) in [6.45, 7) is 0. The third-order valence-electron chi connectivity index (χ3n) is 1.82. The predicted octanol–water partition coefficient (Wildman–Crippen LogP) is 2.65. The van der Waals surface area contributed by atoms with Crippen LogP contribution in [0.1, 0.15) is 10.4 Å². The summed E-state index contributed by atoms with van der Waals surface area (Å²) in [4.78, 5) is 10.3. The van der Waals surface area contributed by atoms with Crippen molar-refractivity contribution in [3.63, 3.8) is 0 Å². The highest BCUT2D eigenvalue weighted by atomic mass is 16.4. The van der Waals surface area contributed by atoms with Gasteiger partial charge in [0, 0.05) is 5.69 Å². The van der Waals surface area contributed by atoms with Gasteiger partial charge in [-0.15, -0.1) is 0 Å². The molecule has 82 valence electrons. The SMILES string of the molecule is Nc1ccc(C(=O)O)cc1.c1ccccc1. The first-order valence-corrected chi connectivity index (χ1v) is 4.79. The molecular formula is C13H13NO2. The van der Waals surface area contributed by atoms with E-state index >= 15 is 0 Å². The van der Waals surface area contributed by atoms with E-state index < -0.39 is 5.97 Å². The van der Waals surface area contributed by atoms with Crippen molar-refractivity contribution >= 4 is 11.7 Å². The number of benzene rings is 2. The largest absolute Gasteiger partial charge is 0.478 e. The molecule has 0 atom stereocenters. The second-order valence-electron chi connectivity index (χ2n) is 3.08. The second kappa shape index (κ2) is 6.24. The van der Waals surface area contributed by atoms with Crippen LogP contribution in [0.15, 0.2) is 60.7 Å². The lowest BCUT2D eigenvalue weighted by Gasteiger charge is -1.93. The van der Waals surface area contributed by atoms with Gasteiger partial charge in [-0.1, -0.05) is 36.4 Å². The summed E-state index contributed by atoms with van der Waals surface area (Å²) in [5.74, 6) is -0.931. The summed E-state index contributed by atoms with van der Waals surface area (Å²) in [5, 5.41) is 8.43. The Bertz CT molecular complexity index is 397. The minimum Gasteiger partial charge on any atom is -0.478 e. The zero-order valence-corrected chi connectivity index (χ0v) is 8.71. The summed E-state index contributed by atoms with van der Waals surface area (Å²) in [7, 11) is 0. The van der Waals surface area contributed by atoms with E-state index in [4.69, 9.17) is 10.8 Å². The van der Waals surface area contributed by atoms with Gasteiger partial charge in [0.15, 0.2) is 0 Å². The first-order chi connectivity index (χ1) is 7.70. The van der Waals surface area contributed by atoms with Gasteiger partial charge in [-0.2, -0.15) is 0 Å². The summed E-state index contributed by atoms with van der Waals surface area (Å²) in [5.41, 5.74) is 6.17. The van der Waals surface area contributed by atoms with E-state index in [-0.39, 0.29) is 5.56 Å². The van der Waals surface area contributed by atoms with Crippen LogP contribution in [0, 0.1) is 0 Å². The molecule has 0 amide bonds. The number of carboxylic acids is 1. The number of aromatic carboxylic acids is 1. The Labute approximate surface area is 94.2 Å². The summed E-state index contributed by atoms with van der Waals surface area (Å²) < 4.78 is 0. The molecule has 0 heterocycles. The maximum atomic E-state index is 10.3. The van der Waals surface area contributed by atoms with Gasteiger partial charge in [-0.05, 0) is 24.3 Å². The quantitative estimate of drug-likeness (QED) is 0.719. The monoisotopic (exact) mass is 215 g/mol. The Balaban J connectivity index is 0.000000181. The summed E-state index contributed by atoms with van der Waals surface area (Å²) >= 11 is 0. The normalized spacial score (nSPS) is 8.75. The van der Waals surface area contributed by atoms with E-state index in [0.717, 1.165) is 0 Å². The van der Waals surface area contributed by atoms with Gasteiger partial charge in [0.1, 0.15) is 0 Å². The van der Waals surface area contributed by atoms with Crippen molar-refractivity contribution < 1.29 is 9.90 Å². The number of rotatable bonds is 1. The van der Waals surface area contributed by atoms with Crippen LogP contribution in [0.2, 0.25) is 0 Å². The van der Waals surface area contributed by atoms with E-state index in [0.29, 0.717) is 5.69 Å². The number of hydrogen-bond donors (Lipinski definition) is 2. The van der Waals surface area contributed by atoms with Crippen LogP contribution in [0.25, 0.3) is 0 Å². The van der Waals surface area contributed by atoms with E-state index in [2.05, 4.69) is 0 Å². The van der Waals surface area contributed by atoms with E-state index in [1.807, 2.05) is 36.4 Å². The van der Waals surface area contributed by atoms with Crippen LogP contribution in [0.3, 0.4) is 0 Å². The standard InChI is InChI=1S/C7H7NO2.C6H6/c8-6-3-1-5(2-4-6)7(9)10;1-2-4-6-5-3-1/h1-4H,8H2,(H,9,10);1-6H. The fraction of sp³-hybridized carbons (Fsp3) is 0. The van der Waals surface area contributed by atoms with Crippen LogP contribution in [0.4, 0.5) is 5.69 Å². The van der Waals surface area contributed by atoms with Crippen molar-refractivity contribution in [3.8, 4) is 0 Å². The molecule has 3 nitrogen and oxygen atoms in total. The average Bonchev–Trinajstić information content (AvgIpc) is 2.32. The first-order valence-electron chi connectivity index (χ1n) is 4.79. The van der Waals surface area contributed by atoms with Crippen molar-refractivity contribution in [2.45, 2.75) is 0 Å². The third-order valence-corrected chi connectivity index (χ3v) is 1.82. The number of nitrogen functional groups attached to an aromatic ring is 1. The molecular weight excluding hydrogens is 202 g/mol. The second-order valence-corrected chi connectivity index (χ2v) is 3.08. The molecule has 2 aromatic rings. The fourth-order valence-electron chi connectivity index (χ4n) is 1.01. The van der Waals surface area contributed by atoms with Gasteiger partial charge in [-0.25, -0.2) is 4.79 Å². The molecule has 0 unspecified atom stereocenters. The van der Waals surface area contributed by atoms with Crippen LogP contribution >= 0.6 is 0 Å². The topological polar surface area (TPSA) is 63.3 Å². The predicted molar refractivity (Wildman–Crippen MR) is 64.3 cm³/mol. The highest BCUT2D eigenvalue weighted by Crippen LogP contribution is 2.04. The molecule has 0 saturated carbocycles. The Morgan fingerprint density at radius 2 is 1.25 bits per heavy atom. The lowest BCUT2D eigenvalue weighted by molar-refractivity contribution is 0.0697. The minimum absolute atomic E-state index is 0.259. The van der Waals surface area contributed by atoms with Crippen molar-refractivity contribution in [3.05, 3.63) is 66.2 Å². The fourth-order valence-corrected chi connectivity index (χ4v) is 1.01. The van der Waals surface area contributed by atoms with Gasteiger partial charge in [0.25, 0.3) is 0 Å². The first kappa shape index (κ1) is 11.8. The number of carboxylic acid groups (broad SMARTS) is 1. The molecule has 2 rings (SSSR count). The van der Waals surface area contributed by atoms with Gasteiger partial charge in [0.05, 0.1) is 5.56 Å². The van der Waals surface area contributed by atoms with E-state index in [1.165, 1.54) is 12.1 Å². The third kappa shape index (κ3) is 4.28. The smallest absolute Gasteiger partial charge is 0.335 e. The molecule has 0 saturated heterocycles. The average molecular weight is 215 g/mol.